The number of hydrogen-bond acceptors (Lipinski definition) is 6. The van der Waals surface area contributed by atoms with Crippen LogP contribution in [0.3, 0.4) is 0 Å². The van der Waals surface area contributed by atoms with Gasteiger partial charge in [-0.05, 0) is 44.0 Å². The topological polar surface area (TPSA) is 135 Å². The van der Waals surface area contributed by atoms with E-state index >= 15 is 0 Å². The lowest BCUT2D eigenvalue weighted by molar-refractivity contribution is 0.0444. The van der Waals surface area contributed by atoms with Crippen molar-refractivity contribution in [3.05, 3.63) is 42.2 Å². The van der Waals surface area contributed by atoms with Crippen LogP contribution in [0.25, 0.3) is 11.1 Å². The van der Waals surface area contributed by atoms with Crippen LogP contribution in [0.5, 0.6) is 0 Å². The van der Waals surface area contributed by atoms with E-state index in [0.717, 1.165) is 0 Å². The second-order valence-corrected chi connectivity index (χ2v) is 7.46. The van der Waals surface area contributed by atoms with Gasteiger partial charge in [0.15, 0.2) is 0 Å². The van der Waals surface area contributed by atoms with E-state index in [1.54, 1.807) is 44.3 Å². The van der Waals surface area contributed by atoms with Gasteiger partial charge < -0.3 is 21.3 Å². The van der Waals surface area contributed by atoms with Crippen molar-refractivity contribution in [3.63, 3.8) is 0 Å². The zero-order chi connectivity index (χ0) is 20.5. The number of nitrogen functional groups attached to an aromatic ring is 1. The van der Waals surface area contributed by atoms with Crippen molar-refractivity contribution in [3.8, 4) is 17.2 Å². The Morgan fingerprint density at radius 2 is 2.18 bits per heavy atom. The highest BCUT2D eigenvalue weighted by Crippen LogP contribution is 2.34. The molecule has 1 saturated heterocycles. The number of pyridine rings is 1. The molecular formula is C20H23N5O3. The smallest absolute Gasteiger partial charge is 0.412 e. The third-order valence-electron chi connectivity index (χ3n) is 5.07. The van der Waals surface area contributed by atoms with Gasteiger partial charge in [0.1, 0.15) is 0 Å². The number of nitriles is 1. The number of aromatic nitrogens is 1. The fraction of sp³-hybridized carbons (Fsp3) is 0.350. The fourth-order valence-electron chi connectivity index (χ4n) is 3.55. The predicted octanol–water partition coefficient (Wildman–Crippen LogP) is 2.19. The Morgan fingerprint density at radius 1 is 1.43 bits per heavy atom. The maximum Gasteiger partial charge on any atom is 0.412 e. The first-order chi connectivity index (χ1) is 13.2. The second-order valence-electron chi connectivity index (χ2n) is 7.46. The van der Waals surface area contributed by atoms with Crippen molar-refractivity contribution in [2.75, 3.05) is 17.2 Å². The van der Waals surface area contributed by atoms with Gasteiger partial charge in [-0.1, -0.05) is 6.07 Å². The molecule has 0 radical (unpaired) electrons. The molecule has 146 valence electrons. The number of aliphatic hydroxyl groups is 1. The third-order valence-corrected chi connectivity index (χ3v) is 5.07. The number of nitrogens with one attached hydrogen (secondary N) is 1. The molecule has 0 unspecified atom stereocenters. The van der Waals surface area contributed by atoms with E-state index in [-0.39, 0.29) is 12.1 Å². The Hall–Kier alpha value is -3.15. The molecule has 8 nitrogen and oxygen atoms in total. The molecule has 1 aromatic heterocycles. The molecule has 0 bridgehead atoms. The summed E-state index contributed by atoms with van der Waals surface area (Å²) in [7, 11) is 0. The Kier molecular flexibility index (Phi) is 5.23. The third kappa shape index (κ3) is 3.76. The standard InChI is InChI=1S/C20H23N5O3/c1-20(2,28)18-8-14(10-24-18)25(19(26)27)17-7-12(3-4-16(17)22)15-11-23-6-5-13(15)9-21/h3-7,11,14,18,24,28H,8,10,22H2,1-2H3,(H,26,27)/t14-,18-/m0/s1. The molecule has 1 aromatic carbocycles. The highest BCUT2D eigenvalue weighted by molar-refractivity contribution is 5.93. The number of carboxylic acid groups (broad SMARTS) is 1. The molecular weight excluding hydrogens is 358 g/mol. The van der Waals surface area contributed by atoms with E-state index in [9.17, 15) is 20.3 Å². The molecule has 0 spiro atoms. The molecule has 3 rings (SSSR count). The summed E-state index contributed by atoms with van der Waals surface area (Å²) in [5.74, 6) is 0. The first kappa shape index (κ1) is 19.6. The van der Waals surface area contributed by atoms with Crippen molar-refractivity contribution in [2.45, 2.75) is 38.0 Å². The summed E-state index contributed by atoms with van der Waals surface area (Å²) < 4.78 is 0. The number of rotatable bonds is 4. The van der Waals surface area contributed by atoms with Gasteiger partial charge in [-0.2, -0.15) is 5.26 Å². The summed E-state index contributed by atoms with van der Waals surface area (Å²) in [5, 5.41) is 32.6. The molecule has 0 aliphatic carbocycles. The van der Waals surface area contributed by atoms with E-state index in [1.165, 1.54) is 11.1 Å². The van der Waals surface area contributed by atoms with E-state index < -0.39 is 11.7 Å². The van der Waals surface area contributed by atoms with Crippen LogP contribution in [-0.4, -0.2) is 45.5 Å². The van der Waals surface area contributed by atoms with Crippen LogP contribution in [0.1, 0.15) is 25.8 Å². The van der Waals surface area contributed by atoms with Crippen molar-refractivity contribution in [1.82, 2.24) is 10.3 Å². The first-order valence-electron chi connectivity index (χ1n) is 8.94. The molecule has 1 aliphatic heterocycles. The zero-order valence-electron chi connectivity index (χ0n) is 15.8. The van der Waals surface area contributed by atoms with Crippen LogP contribution in [0, 0.1) is 11.3 Å². The van der Waals surface area contributed by atoms with Crippen molar-refractivity contribution < 1.29 is 15.0 Å². The fourth-order valence-corrected chi connectivity index (χ4v) is 3.55. The summed E-state index contributed by atoms with van der Waals surface area (Å²) in [6, 6.07) is 8.15. The monoisotopic (exact) mass is 381 g/mol. The summed E-state index contributed by atoms with van der Waals surface area (Å²) in [6.45, 7) is 3.79. The second kappa shape index (κ2) is 7.46. The minimum Gasteiger partial charge on any atom is -0.465 e. The normalized spacial score (nSPS) is 19.2. The molecule has 1 fully saturated rings. The largest absolute Gasteiger partial charge is 0.465 e. The van der Waals surface area contributed by atoms with Crippen molar-refractivity contribution >= 4 is 17.5 Å². The van der Waals surface area contributed by atoms with Crippen LogP contribution < -0.4 is 16.0 Å². The lowest BCUT2D eigenvalue weighted by Crippen LogP contribution is -2.42. The number of nitrogens with zero attached hydrogens (tertiary/aromatic N) is 3. The molecule has 28 heavy (non-hydrogen) atoms. The number of benzene rings is 1. The van der Waals surface area contributed by atoms with Gasteiger partial charge in [0.25, 0.3) is 0 Å². The Labute approximate surface area is 163 Å². The highest BCUT2D eigenvalue weighted by atomic mass is 16.4. The quantitative estimate of drug-likeness (QED) is 0.596. The van der Waals surface area contributed by atoms with E-state index in [4.69, 9.17) is 5.73 Å². The van der Waals surface area contributed by atoms with E-state index in [2.05, 4.69) is 16.4 Å². The minimum atomic E-state index is -1.13. The first-order valence-corrected chi connectivity index (χ1v) is 8.94. The number of nitrogens with two attached hydrogens (primary N) is 1. The van der Waals surface area contributed by atoms with Gasteiger partial charge in [-0.25, -0.2) is 4.79 Å². The predicted molar refractivity (Wildman–Crippen MR) is 106 cm³/mol. The molecule has 2 aromatic rings. The zero-order valence-corrected chi connectivity index (χ0v) is 15.8. The number of amides is 1. The summed E-state index contributed by atoms with van der Waals surface area (Å²) >= 11 is 0. The molecule has 1 amide bonds. The number of hydrogen-bond donors (Lipinski definition) is 4. The van der Waals surface area contributed by atoms with E-state index in [1.807, 2.05) is 0 Å². The highest BCUT2D eigenvalue weighted by Gasteiger charge is 2.39. The average molecular weight is 381 g/mol. The van der Waals surface area contributed by atoms with Crippen molar-refractivity contribution in [2.24, 2.45) is 0 Å². The average Bonchev–Trinajstić information content (AvgIpc) is 3.13. The number of carbonyl (C=O) groups is 1. The molecule has 2 atom stereocenters. The Bertz CT molecular complexity index is 932. The van der Waals surface area contributed by atoms with Crippen LogP contribution in [0.2, 0.25) is 0 Å². The summed E-state index contributed by atoms with van der Waals surface area (Å²) in [5.41, 5.74) is 7.51. The summed E-state index contributed by atoms with van der Waals surface area (Å²) in [6.07, 6.45) is 2.43. The Balaban J connectivity index is 2.01. The van der Waals surface area contributed by atoms with Gasteiger partial charge in [0.05, 0.1) is 34.7 Å². The van der Waals surface area contributed by atoms with Gasteiger partial charge in [0.2, 0.25) is 0 Å². The van der Waals surface area contributed by atoms with Crippen LogP contribution >= 0.6 is 0 Å². The van der Waals surface area contributed by atoms with Crippen molar-refractivity contribution in [1.29, 1.82) is 5.26 Å². The maximum atomic E-state index is 12.1. The minimum absolute atomic E-state index is 0.229. The maximum absolute atomic E-state index is 12.1. The van der Waals surface area contributed by atoms with Crippen LogP contribution in [0.15, 0.2) is 36.7 Å². The summed E-state index contributed by atoms with van der Waals surface area (Å²) in [4.78, 5) is 17.4. The molecule has 8 heteroatoms. The SMILES string of the molecule is CC(C)(O)[C@@H]1C[C@H](N(C(=O)O)c2cc(-c3cnccc3C#N)ccc2N)CN1. The Morgan fingerprint density at radius 3 is 2.79 bits per heavy atom. The molecule has 2 heterocycles. The lowest BCUT2D eigenvalue weighted by Gasteiger charge is -2.29. The van der Waals surface area contributed by atoms with Crippen LogP contribution in [-0.2, 0) is 0 Å². The van der Waals surface area contributed by atoms with Gasteiger partial charge in [-0.3, -0.25) is 9.88 Å². The molecule has 1 aliphatic rings. The van der Waals surface area contributed by atoms with Gasteiger partial charge in [0, 0.05) is 30.5 Å². The molecule has 5 N–H and O–H groups in total. The van der Waals surface area contributed by atoms with E-state index in [0.29, 0.717) is 41.0 Å². The lowest BCUT2D eigenvalue weighted by atomic mass is 9.95. The van der Waals surface area contributed by atoms with Crippen LogP contribution in [0.4, 0.5) is 16.2 Å². The van der Waals surface area contributed by atoms with Gasteiger partial charge in [-0.15, -0.1) is 0 Å². The van der Waals surface area contributed by atoms with Gasteiger partial charge >= 0.3 is 6.09 Å². The number of anilines is 2. The molecule has 0 saturated carbocycles.